The highest BCUT2D eigenvalue weighted by Crippen LogP contribution is 2.38. The van der Waals surface area contributed by atoms with Crippen molar-refractivity contribution in [2.24, 2.45) is 0 Å². The number of hydrogen-bond donors (Lipinski definition) is 1. The Morgan fingerprint density at radius 1 is 1.28 bits per heavy atom. The predicted molar refractivity (Wildman–Crippen MR) is 103 cm³/mol. The van der Waals surface area contributed by atoms with Crippen molar-refractivity contribution in [1.82, 2.24) is 9.55 Å². The van der Waals surface area contributed by atoms with E-state index in [-0.39, 0.29) is 16.6 Å². The second-order valence-corrected chi connectivity index (χ2v) is 6.94. The molecule has 4 nitrogen and oxygen atoms in total. The molecule has 1 unspecified atom stereocenters. The number of nitrogens with zero attached hydrogens (tertiary/aromatic N) is 2. The molecule has 0 saturated carbocycles. The van der Waals surface area contributed by atoms with Gasteiger partial charge < -0.3 is 5.11 Å². The third-order valence-corrected chi connectivity index (χ3v) is 5.32. The molecule has 0 fully saturated rings. The first-order valence-corrected chi connectivity index (χ1v) is 8.99. The molecule has 3 rings (SSSR count). The lowest BCUT2D eigenvalue weighted by Gasteiger charge is -2.18. The smallest absolute Gasteiger partial charge is 0.262 e. The molecule has 0 radical (unpaired) electrons. The summed E-state index contributed by atoms with van der Waals surface area (Å²) in [5.41, 5.74) is 2.55. The number of rotatable bonds is 5. The van der Waals surface area contributed by atoms with Gasteiger partial charge in [-0.05, 0) is 31.5 Å². The predicted octanol–water partition coefficient (Wildman–Crippen LogP) is 4.63. The normalized spacial score (nSPS) is 12.2. The van der Waals surface area contributed by atoms with Crippen molar-refractivity contribution in [3.8, 4) is 0 Å². The lowest BCUT2D eigenvalue weighted by atomic mass is 10.1. The number of aliphatic hydroxyl groups is 1. The summed E-state index contributed by atoms with van der Waals surface area (Å²) in [6.45, 7) is 8.08. The molecule has 0 saturated heterocycles. The Balaban J connectivity index is 2.12. The van der Waals surface area contributed by atoms with Gasteiger partial charge in [0, 0.05) is 6.54 Å². The summed E-state index contributed by atoms with van der Waals surface area (Å²) in [5.74, 6) is 0.0390. The minimum absolute atomic E-state index is 0.0390. The molecule has 1 heterocycles. The molecule has 25 heavy (non-hydrogen) atoms. The van der Waals surface area contributed by atoms with Crippen LogP contribution >= 0.6 is 11.8 Å². The van der Waals surface area contributed by atoms with Crippen LogP contribution in [-0.2, 0) is 6.54 Å². The fraction of sp³-hybridized carbons (Fsp3) is 0.200. The van der Waals surface area contributed by atoms with Gasteiger partial charge >= 0.3 is 0 Å². The Hall–Kier alpha value is -2.53. The minimum Gasteiger partial charge on any atom is -0.511 e. The third kappa shape index (κ3) is 3.46. The number of aromatic nitrogens is 2. The molecular weight excluding hydrogens is 332 g/mol. The average Bonchev–Trinajstić information content (AvgIpc) is 2.61. The maximum atomic E-state index is 12.8. The maximum absolute atomic E-state index is 12.8. The van der Waals surface area contributed by atoms with Crippen LogP contribution in [0.15, 0.2) is 70.8 Å². The molecule has 0 spiro atoms. The largest absolute Gasteiger partial charge is 0.511 e. The van der Waals surface area contributed by atoms with E-state index in [1.54, 1.807) is 4.57 Å². The molecule has 0 aliphatic heterocycles. The second kappa shape index (κ2) is 7.15. The molecule has 0 amide bonds. The highest BCUT2D eigenvalue weighted by Gasteiger charge is 2.20. The van der Waals surface area contributed by atoms with E-state index in [2.05, 4.69) is 11.6 Å². The maximum Gasteiger partial charge on any atom is 0.262 e. The molecular formula is C20H20N2O2S. The molecule has 1 aromatic heterocycles. The second-order valence-electron chi connectivity index (χ2n) is 5.86. The molecule has 1 N–H and O–H groups in total. The first-order chi connectivity index (χ1) is 12.0. The first kappa shape index (κ1) is 17.3. The number of thioether (sulfide) groups is 1. The van der Waals surface area contributed by atoms with Crippen molar-refractivity contribution < 1.29 is 5.11 Å². The van der Waals surface area contributed by atoms with Crippen LogP contribution < -0.4 is 5.56 Å². The van der Waals surface area contributed by atoms with Crippen molar-refractivity contribution in [2.75, 3.05) is 0 Å². The monoisotopic (exact) mass is 352 g/mol. The van der Waals surface area contributed by atoms with E-state index in [0.717, 1.165) is 11.1 Å². The number of aliphatic hydroxyl groups excluding tert-OH is 1. The first-order valence-electron chi connectivity index (χ1n) is 8.11. The molecule has 2 aromatic carbocycles. The van der Waals surface area contributed by atoms with Gasteiger partial charge in [-0.3, -0.25) is 9.36 Å². The van der Waals surface area contributed by atoms with E-state index in [4.69, 9.17) is 0 Å². The van der Waals surface area contributed by atoms with Gasteiger partial charge in [0.15, 0.2) is 5.16 Å². The van der Waals surface area contributed by atoms with Crippen molar-refractivity contribution >= 4 is 22.7 Å². The lowest BCUT2D eigenvalue weighted by Crippen LogP contribution is -2.23. The number of fused-ring (bicyclic) bond motifs is 1. The van der Waals surface area contributed by atoms with E-state index in [1.165, 1.54) is 11.8 Å². The van der Waals surface area contributed by atoms with E-state index in [0.29, 0.717) is 22.6 Å². The summed E-state index contributed by atoms with van der Waals surface area (Å²) in [5, 5.41) is 10.9. The molecule has 128 valence electrons. The van der Waals surface area contributed by atoms with Crippen molar-refractivity contribution in [1.29, 1.82) is 0 Å². The number of hydrogen-bond acceptors (Lipinski definition) is 4. The van der Waals surface area contributed by atoms with Gasteiger partial charge in [-0.15, -0.1) is 0 Å². The average molecular weight is 352 g/mol. The van der Waals surface area contributed by atoms with Crippen LogP contribution in [0.25, 0.3) is 10.9 Å². The Labute approximate surface area is 150 Å². The van der Waals surface area contributed by atoms with Crippen LogP contribution in [0.5, 0.6) is 0 Å². The van der Waals surface area contributed by atoms with Gasteiger partial charge in [0.05, 0.1) is 16.2 Å². The van der Waals surface area contributed by atoms with E-state index < -0.39 is 0 Å². The van der Waals surface area contributed by atoms with Crippen LogP contribution in [0.4, 0.5) is 0 Å². The molecule has 3 aromatic rings. The molecule has 0 bridgehead atoms. The number of benzene rings is 2. The summed E-state index contributed by atoms with van der Waals surface area (Å²) in [7, 11) is 0. The summed E-state index contributed by atoms with van der Waals surface area (Å²) in [4.78, 5) is 17.5. The van der Waals surface area contributed by atoms with E-state index in [9.17, 15) is 9.90 Å². The van der Waals surface area contributed by atoms with Gasteiger partial charge in [-0.25, -0.2) is 4.98 Å². The lowest BCUT2D eigenvalue weighted by molar-refractivity contribution is 0.398. The third-order valence-electron chi connectivity index (χ3n) is 4.02. The number of aryl methyl sites for hydroxylation is 1. The van der Waals surface area contributed by atoms with Crippen LogP contribution in [0.2, 0.25) is 0 Å². The summed E-state index contributed by atoms with van der Waals surface area (Å²) < 4.78 is 1.64. The van der Waals surface area contributed by atoms with Gasteiger partial charge in [0.25, 0.3) is 5.56 Å². The highest BCUT2D eigenvalue weighted by molar-refractivity contribution is 7.99. The summed E-state index contributed by atoms with van der Waals surface area (Å²) >= 11 is 1.34. The Bertz CT molecular complexity index is 980. The van der Waals surface area contributed by atoms with Crippen molar-refractivity contribution in [2.45, 2.75) is 30.8 Å². The molecule has 0 aliphatic carbocycles. The van der Waals surface area contributed by atoms with E-state index >= 15 is 0 Å². The standard InChI is InChI=1S/C20H20N2O2S/c1-4-22-19(24)16-12-13(2)10-11-17(16)21-20(22)25-18(14(3)23)15-8-6-5-7-9-15/h5-12,18,23H,3-4H2,1-2H3. The fourth-order valence-electron chi connectivity index (χ4n) is 2.74. The zero-order valence-corrected chi connectivity index (χ0v) is 15.1. The van der Waals surface area contributed by atoms with Crippen LogP contribution in [0.1, 0.15) is 23.3 Å². The minimum atomic E-state index is -0.381. The topological polar surface area (TPSA) is 55.1 Å². The molecule has 0 aliphatic rings. The molecule has 1 atom stereocenters. The van der Waals surface area contributed by atoms with Crippen LogP contribution in [0, 0.1) is 6.92 Å². The Kier molecular flexibility index (Phi) is 4.95. The SMILES string of the molecule is C=C(O)C(Sc1nc2ccc(C)cc2c(=O)n1CC)c1ccccc1. The molecule has 5 heteroatoms. The van der Waals surface area contributed by atoms with Crippen molar-refractivity contribution in [3.63, 3.8) is 0 Å². The highest BCUT2D eigenvalue weighted by atomic mass is 32.2. The Morgan fingerprint density at radius 3 is 2.64 bits per heavy atom. The summed E-state index contributed by atoms with van der Waals surface area (Å²) in [6.07, 6.45) is 0. The van der Waals surface area contributed by atoms with Crippen LogP contribution in [0.3, 0.4) is 0 Å². The zero-order valence-electron chi connectivity index (χ0n) is 14.3. The van der Waals surface area contributed by atoms with Gasteiger partial charge in [0.1, 0.15) is 5.76 Å². The zero-order chi connectivity index (χ0) is 18.0. The van der Waals surface area contributed by atoms with Crippen LogP contribution in [-0.4, -0.2) is 14.7 Å². The van der Waals surface area contributed by atoms with Gasteiger partial charge in [0.2, 0.25) is 0 Å². The summed E-state index contributed by atoms with van der Waals surface area (Å²) in [6, 6.07) is 15.3. The van der Waals surface area contributed by atoms with Crippen molar-refractivity contribution in [3.05, 3.63) is 82.3 Å². The van der Waals surface area contributed by atoms with E-state index in [1.807, 2.05) is 62.4 Å². The Morgan fingerprint density at radius 2 is 2.00 bits per heavy atom. The fourth-order valence-corrected chi connectivity index (χ4v) is 3.88. The van der Waals surface area contributed by atoms with Gasteiger partial charge in [-0.1, -0.05) is 60.3 Å². The van der Waals surface area contributed by atoms with Gasteiger partial charge in [-0.2, -0.15) is 0 Å². The quantitative estimate of drug-likeness (QED) is 0.413.